The van der Waals surface area contributed by atoms with E-state index in [1.54, 1.807) is 0 Å². The minimum atomic E-state index is 0.223. The highest BCUT2D eigenvalue weighted by Crippen LogP contribution is 2.26. The monoisotopic (exact) mass is 307 g/mol. The van der Waals surface area contributed by atoms with Crippen molar-refractivity contribution in [2.45, 2.75) is 19.9 Å². The van der Waals surface area contributed by atoms with Crippen molar-refractivity contribution in [2.75, 3.05) is 13.6 Å². The van der Waals surface area contributed by atoms with E-state index in [4.69, 9.17) is 0 Å². The second kappa shape index (κ2) is 5.67. The number of hydrogen-bond acceptors (Lipinski definition) is 2. The van der Waals surface area contributed by atoms with Gasteiger partial charge in [0, 0.05) is 6.54 Å². The van der Waals surface area contributed by atoms with E-state index in [9.17, 15) is 0 Å². The van der Waals surface area contributed by atoms with Crippen LogP contribution in [0.5, 0.6) is 0 Å². The summed E-state index contributed by atoms with van der Waals surface area (Å²) >= 11 is 3.59. The summed E-state index contributed by atoms with van der Waals surface area (Å²) in [5, 5.41) is 7.88. The Kier molecular flexibility index (Phi) is 4.19. The van der Waals surface area contributed by atoms with Crippen LogP contribution in [0.25, 0.3) is 0 Å². The van der Waals surface area contributed by atoms with Gasteiger partial charge in [-0.2, -0.15) is 5.10 Å². The molecule has 3 nitrogen and oxygen atoms in total. The van der Waals surface area contributed by atoms with Crippen molar-refractivity contribution >= 4 is 15.9 Å². The van der Waals surface area contributed by atoms with E-state index in [2.05, 4.69) is 62.2 Å². The number of aryl methyl sites for hydroxylation is 1. The summed E-state index contributed by atoms with van der Waals surface area (Å²) in [5.41, 5.74) is 3.46. The van der Waals surface area contributed by atoms with Crippen molar-refractivity contribution in [3.8, 4) is 0 Å². The summed E-state index contributed by atoms with van der Waals surface area (Å²) in [6.45, 7) is 4.98. The molecule has 0 spiro atoms. The largest absolute Gasteiger partial charge is 0.317 e. The average molecular weight is 308 g/mol. The molecule has 1 unspecified atom stereocenters. The molecule has 4 heteroatoms. The molecule has 1 aromatic carbocycles. The van der Waals surface area contributed by atoms with Crippen LogP contribution in [0.1, 0.15) is 23.0 Å². The maximum absolute atomic E-state index is 4.63. The Morgan fingerprint density at radius 2 is 1.94 bits per heavy atom. The molecule has 0 saturated heterocycles. The van der Waals surface area contributed by atoms with Crippen LogP contribution in [0.4, 0.5) is 0 Å². The molecular formula is C14H18BrN3. The van der Waals surface area contributed by atoms with Crippen molar-refractivity contribution in [1.29, 1.82) is 0 Å². The Bertz CT molecular complexity index is 519. The molecule has 1 aromatic heterocycles. The molecule has 0 aliphatic rings. The van der Waals surface area contributed by atoms with Crippen molar-refractivity contribution in [3.63, 3.8) is 0 Å². The first-order valence-corrected chi connectivity index (χ1v) is 6.85. The number of aromatic nitrogens is 2. The van der Waals surface area contributed by atoms with Crippen LogP contribution in [0.15, 0.2) is 34.8 Å². The first-order chi connectivity index (χ1) is 8.65. The number of nitrogens with zero attached hydrogens (tertiary/aromatic N) is 2. The molecule has 0 aliphatic carbocycles. The van der Waals surface area contributed by atoms with Gasteiger partial charge in [-0.05, 0) is 42.4 Å². The fourth-order valence-corrected chi connectivity index (χ4v) is 2.42. The molecule has 1 atom stereocenters. The Labute approximate surface area is 116 Å². The average Bonchev–Trinajstić information content (AvgIpc) is 2.65. The van der Waals surface area contributed by atoms with Crippen LogP contribution in [0.2, 0.25) is 0 Å². The highest BCUT2D eigenvalue weighted by Gasteiger charge is 2.18. The van der Waals surface area contributed by atoms with Gasteiger partial charge in [0.25, 0.3) is 0 Å². The molecule has 0 radical (unpaired) electrons. The topological polar surface area (TPSA) is 29.9 Å². The third kappa shape index (κ3) is 2.49. The van der Waals surface area contributed by atoms with E-state index in [1.165, 1.54) is 5.56 Å². The minimum absolute atomic E-state index is 0.223. The number of nitrogens with one attached hydrogen (secondary N) is 1. The fraction of sp³-hybridized carbons (Fsp3) is 0.357. The predicted octanol–water partition coefficient (Wildman–Crippen LogP) is 3.07. The van der Waals surface area contributed by atoms with Crippen molar-refractivity contribution in [2.24, 2.45) is 0 Å². The lowest BCUT2D eigenvalue weighted by Gasteiger charge is -2.19. The molecule has 0 fully saturated rings. The highest BCUT2D eigenvalue weighted by molar-refractivity contribution is 9.10. The summed E-state index contributed by atoms with van der Waals surface area (Å²) in [6, 6.07) is 10.7. The maximum atomic E-state index is 4.63. The molecule has 0 saturated carbocycles. The van der Waals surface area contributed by atoms with Crippen molar-refractivity contribution < 1.29 is 0 Å². The number of halogens is 1. The molecule has 0 amide bonds. The Morgan fingerprint density at radius 1 is 1.28 bits per heavy atom. The minimum Gasteiger partial charge on any atom is -0.317 e. The number of benzene rings is 1. The first kappa shape index (κ1) is 13.3. The van der Waals surface area contributed by atoms with Gasteiger partial charge in [-0.3, -0.25) is 4.68 Å². The van der Waals surface area contributed by atoms with Crippen molar-refractivity contribution in [3.05, 3.63) is 51.8 Å². The molecule has 96 valence electrons. The van der Waals surface area contributed by atoms with Gasteiger partial charge in [-0.1, -0.05) is 30.3 Å². The van der Waals surface area contributed by atoms with E-state index in [0.717, 1.165) is 22.4 Å². The standard InChI is InChI=1S/C14H18BrN3/c1-10-14(15)11(2)18(17-10)13(9-16-3)12-7-5-4-6-8-12/h4-8,13,16H,9H2,1-3H3. The zero-order chi connectivity index (χ0) is 13.1. The lowest BCUT2D eigenvalue weighted by Crippen LogP contribution is -2.25. The van der Waals surface area contributed by atoms with Gasteiger partial charge in [-0.25, -0.2) is 0 Å². The Balaban J connectivity index is 2.45. The quantitative estimate of drug-likeness (QED) is 0.941. The lowest BCUT2D eigenvalue weighted by molar-refractivity contribution is 0.487. The van der Waals surface area contributed by atoms with Gasteiger partial charge in [0.15, 0.2) is 0 Å². The third-order valence-electron chi connectivity index (χ3n) is 3.11. The van der Waals surface area contributed by atoms with Gasteiger partial charge in [0.05, 0.1) is 21.9 Å². The Morgan fingerprint density at radius 3 is 2.44 bits per heavy atom. The van der Waals surface area contributed by atoms with Gasteiger partial charge >= 0.3 is 0 Å². The zero-order valence-electron chi connectivity index (χ0n) is 10.9. The second-order valence-electron chi connectivity index (χ2n) is 4.41. The number of rotatable bonds is 4. The number of hydrogen-bond donors (Lipinski definition) is 1. The van der Waals surface area contributed by atoms with E-state index >= 15 is 0 Å². The fourth-order valence-electron chi connectivity index (χ4n) is 2.16. The molecule has 1 heterocycles. The smallest absolute Gasteiger partial charge is 0.0896 e. The summed E-state index contributed by atoms with van der Waals surface area (Å²) in [7, 11) is 1.97. The molecule has 1 N–H and O–H groups in total. The van der Waals surface area contributed by atoms with Crippen molar-refractivity contribution in [1.82, 2.24) is 15.1 Å². The van der Waals surface area contributed by atoms with Gasteiger partial charge in [0.1, 0.15) is 0 Å². The van der Waals surface area contributed by atoms with Gasteiger partial charge < -0.3 is 5.32 Å². The van der Waals surface area contributed by atoms with Gasteiger partial charge in [0.2, 0.25) is 0 Å². The molecule has 18 heavy (non-hydrogen) atoms. The highest BCUT2D eigenvalue weighted by atomic mass is 79.9. The van der Waals surface area contributed by atoms with E-state index in [0.29, 0.717) is 0 Å². The first-order valence-electron chi connectivity index (χ1n) is 6.06. The maximum Gasteiger partial charge on any atom is 0.0896 e. The van der Waals surface area contributed by atoms with Crippen LogP contribution in [0.3, 0.4) is 0 Å². The predicted molar refractivity (Wildman–Crippen MR) is 77.9 cm³/mol. The van der Waals surface area contributed by atoms with Crippen LogP contribution < -0.4 is 5.32 Å². The van der Waals surface area contributed by atoms with E-state index in [-0.39, 0.29) is 6.04 Å². The molecule has 0 bridgehead atoms. The third-order valence-corrected chi connectivity index (χ3v) is 4.26. The van der Waals surface area contributed by atoms with Crippen LogP contribution in [-0.4, -0.2) is 23.4 Å². The van der Waals surface area contributed by atoms with Crippen LogP contribution in [0, 0.1) is 13.8 Å². The van der Waals surface area contributed by atoms with E-state index < -0.39 is 0 Å². The van der Waals surface area contributed by atoms with Crippen LogP contribution in [-0.2, 0) is 0 Å². The normalized spacial score (nSPS) is 12.7. The summed E-state index contributed by atoms with van der Waals surface area (Å²) in [4.78, 5) is 0. The number of likely N-dealkylation sites (N-methyl/N-ethyl adjacent to an activating group) is 1. The summed E-state index contributed by atoms with van der Waals surface area (Å²) in [6.07, 6.45) is 0. The van der Waals surface area contributed by atoms with Crippen LogP contribution >= 0.6 is 15.9 Å². The molecule has 2 rings (SSSR count). The van der Waals surface area contributed by atoms with E-state index in [1.807, 2.05) is 20.0 Å². The molecule has 0 aliphatic heterocycles. The summed E-state index contributed by atoms with van der Waals surface area (Å²) < 4.78 is 3.19. The Hall–Kier alpha value is -1.13. The summed E-state index contributed by atoms with van der Waals surface area (Å²) in [5.74, 6) is 0. The molecule has 2 aromatic rings. The second-order valence-corrected chi connectivity index (χ2v) is 5.21. The lowest BCUT2D eigenvalue weighted by atomic mass is 10.1. The zero-order valence-corrected chi connectivity index (χ0v) is 12.5. The molecular weight excluding hydrogens is 290 g/mol. The van der Waals surface area contributed by atoms with Gasteiger partial charge in [-0.15, -0.1) is 0 Å². The SMILES string of the molecule is CNCC(c1ccccc1)n1nc(C)c(Br)c1C.